The number of methoxy groups -OCH3 is 1. The Morgan fingerprint density at radius 1 is 1.18 bits per heavy atom. The minimum absolute atomic E-state index is 0.0775. The van der Waals surface area contributed by atoms with E-state index in [1.807, 2.05) is 6.07 Å². The minimum Gasteiger partial charge on any atom is -0.496 e. The molecule has 0 aliphatic heterocycles. The number of nitrogens with one attached hydrogen (secondary N) is 1. The van der Waals surface area contributed by atoms with Gasteiger partial charge in [0.15, 0.2) is 0 Å². The number of aliphatic carboxylic acids is 1. The van der Waals surface area contributed by atoms with Gasteiger partial charge in [-0.1, -0.05) is 24.3 Å². The van der Waals surface area contributed by atoms with E-state index in [2.05, 4.69) is 4.72 Å². The van der Waals surface area contributed by atoms with Gasteiger partial charge in [-0.05, 0) is 18.6 Å². The van der Waals surface area contributed by atoms with Crippen LogP contribution in [0.25, 0.3) is 10.8 Å². The average Bonchev–Trinajstić information content (AvgIpc) is 2.50. The van der Waals surface area contributed by atoms with Crippen molar-refractivity contribution in [2.45, 2.75) is 17.7 Å². The molecule has 118 valence electrons. The van der Waals surface area contributed by atoms with Crippen LogP contribution in [-0.2, 0) is 14.8 Å². The molecule has 22 heavy (non-hydrogen) atoms. The van der Waals surface area contributed by atoms with E-state index in [1.165, 1.54) is 13.2 Å². The third kappa shape index (κ3) is 3.55. The molecule has 0 amide bonds. The maximum atomic E-state index is 12.4. The smallest absolute Gasteiger partial charge is 0.303 e. The third-order valence-electron chi connectivity index (χ3n) is 3.21. The Morgan fingerprint density at radius 3 is 2.50 bits per heavy atom. The predicted octanol–water partition coefficient (Wildman–Crippen LogP) is 1.99. The largest absolute Gasteiger partial charge is 0.496 e. The highest BCUT2D eigenvalue weighted by Gasteiger charge is 2.18. The number of sulfonamides is 1. The van der Waals surface area contributed by atoms with E-state index in [1.54, 1.807) is 24.3 Å². The summed E-state index contributed by atoms with van der Waals surface area (Å²) in [5, 5.41) is 9.84. The van der Waals surface area contributed by atoms with Gasteiger partial charge in [0, 0.05) is 23.7 Å². The Balaban J connectivity index is 2.31. The standard InChI is InChI=1S/C15H17NO5S/c1-21-13-8-9-14(12-6-3-2-5-11(12)13)22(19,20)16-10-4-7-15(17)18/h2-3,5-6,8-9,16H,4,7,10H2,1H3,(H,17,18). The zero-order valence-electron chi connectivity index (χ0n) is 12.1. The molecular weight excluding hydrogens is 306 g/mol. The summed E-state index contributed by atoms with van der Waals surface area (Å²) in [7, 11) is -2.18. The van der Waals surface area contributed by atoms with E-state index < -0.39 is 16.0 Å². The fourth-order valence-electron chi connectivity index (χ4n) is 2.18. The molecule has 0 aliphatic rings. The summed E-state index contributed by atoms with van der Waals surface area (Å²) < 4.78 is 32.5. The molecule has 0 bridgehead atoms. The van der Waals surface area contributed by atoms with Crippen LogP contribution in [0.5, 0.6) is 5.75 Å². The zero-order valence-corrected chi connectivity index (χ0v) is 12.9. The first-order valence-electron chi connectivity index (χ1n) is 6.73. The number of carboxylic acids is 1. The Kier molecular flexibility index (Phi) is 4.99. The van der Waals surface area contributed by atoms with E-state index in [0.717, 1.165) is 0 Å². The topological polar surface area (TPSA) is 92.7 Å². The van der Waals surface area contributed by atoms with Gasteiger partial charge in [-0.25, -0.2) is 13.1 Å². The average molecular weight is 323 g/mol. The number of carbonyl (C=O) groups is 1. The van der Waals surface area contributed by atoms with Gasteiger partial charge in [0.2, 0.25) is 10.0 Å². The molecule has 6 nitrogen and oxygen atoms in total. The number of rotatable bonds is 7. The Labute approximate surface area is 128 Å². The van der Waals surface area contributed by atoms with Crippen molar-refractivity contribution < 1.29 is 23.1 Å². The minimum atomic E-state index is -3.71. The molecule has 2 rings (SSSR count). The Bertz CT molecular complexity index is 786. The Hall–Kier alpha value is -2.12. The highest BCUT2D eigenvalue weighted by atomic mass is 32.2. The molecule has 0 spiro atoms. The summed E-state index contributed by atoms with van der Waals surface area (Å²) in [5.41, 5.74) is 0. The van der Waals surface area contributed by atoms with Gasteiger partial charge in [0.05, 0.1) is 12.0 Å². The quantitative estimate of drug-likeness (QED) is 0.760. The van der Waals surface area contributed by atoms with Crippen molar-refractivity contribution in [3.8, 4) is 5.75 Å². The van der Waals surface area contributed by atoms with Crippen LogP contribution >= 0.6 is 0 Å². The van der Waals surface area contributed by atoms with Gasteiger partial charge < -0.3 is 9.84 Å². The summed E-state index contributed by atoms with van der Waals surface area (Å²) in [6.45, 7) is 0.0784. The van der Waals surface area contributed by atoms with E-state index in [-0.39, 0.29) is 24.3 Å². The first-order chi connectivity index (χ1) is 10.5. The van der Waals surface area contributed by atoms with Gasteiger partial charge >= 0.3 is 5.97 Å². The van der Waals surface area contributed by atoms with Crippen LogP contribution < -0.4 is 9.46 Å². The normalized spacial score (nSPS) is 11.5. The maximum absolute atomic E-state index is 12.4. The molecule has 2 aromatic carbocycles. The molecule has 2 aromatic rings. The second-order valence-electron chi connectivity index (χ2n) is 4.71. The van der Waals surface area contributed by atoms with E-state index >= 15 is 0 Å². The molecule has 0 saturated carbocycles. The summed E-state index contributed by atoms with van der Waals surface area (Å²) in [5.74, 6) is -0.352. The molecule has 0 radical (unpaired) electrons. The second-order valence-corrected chi connectivity index (χ2v) is 6.44. The fourth-order valence-corrected chi connectivity index (χ4v) is 3.46. The van der Waals surface area contributed by atoms with Crippen LogP contribution in [0.15, 0.2) is 41.3 Å². The van der Waals surface area contributed by atoms with Gasteiger partial charge in [-0.2, -0.15) is 0 Å². The molecule has 0 atom stereocenters. The molecular formula is C15H17NO5S. The lowest BCUT2D eigenvalue weighted by Gasteiger charge is -2.11. The van der Waals surface area contributed by atoms with Crippen molar-refractivity contribution in [1.82, 2.24) is 4.72 Å². The van der Waals surface area contributed by atoms with Crippen LogP contribution in [-0.4, -0.2) is 33.1 Å². The van der Waals surface area contributed by atoms with Crippen molar-refractivity contribution in [3.63, 3.8) is 0 Å². The summed E-state index contributed by atoms with van der Waals surface area (Å²) in [6.07, 6.45) is 0.161. The van der Waals surface area contributed by atoms with Crippen LogP contribution in [0.1, 0.15) is 12.8 Å². The van der Waals surface area contributed by atoms with Gasteiger partial charge in [-0.3, -0.25) is 4.79 Å². The number of fused-ring (bicyclic) bond motifs is 1. The first kappa shape index (κ1) is 16.3. The van der Waals surface area contributed by atoms with Crippen molar-refractivity contribution in [2.24, 2.45) is 0 Å². The van der Waals surface area contributed by atoms with Crippen LogP contribution in [0, 0.1) is 0 Å². The van der Waals surface area contributed by atoms with Crippen molar-refractivity contribution >= 4 is 26.8 Å². The monoisotopic (exact) mass is 323 g/mol. The number of ether oxygens (including phenoxy) is 1. The number of hydrogen-bond donors (Lipinski definition) is 2. The molecule has 0 fully saturated rings. The predicted molar refractivity (Wildman–Crippen MR) is 82.6 cm³/mol. The highest BCUT2D eigenvalue weighted by Crippen LogP contribution is 2.30. The van der Waals surface area contributed by atoms with Gasteiger partial charge in [0.1, 0.15) is 5.75 Å². The van der Waals surface area contributed by atoms with E-state index in [9.17, 15) is 13.2 Å². The molecule has 0 aliphatic carbocycles. The lowest BCUT2D eigenvalue weighted by atomic mass is 10.1. The molecule has 0 heterocycles. The molecule has 0 unspecified atom stereocenters. The van der Waals surface area contributed by atoms with Crippen molar-refractivity contribution in [1.29, 1.82) is 0 Å². The van der Waals surface area contributed by atoms with Crippen molar-refractivity contribution in [2.75, 3.05) is 13.7 Å². The first-order valence-corrected chi connectivity index (χ1v) is 8.21. The van der Waals surface area contributed by atoms with Crippen molar-refractivity contribution in [3.05, 3.63) is 36.4 Å². The number of hydrogen-bond acceptors (Lipinski definition) is 4. The van der Waals surface area contributed by atoms with Crippen LogP contribution in [0.3, 0.4) is 0 Å². The summed E-state index contributed by atoms with van der Waals surface area (Å²) in [4.78, 5) is 10.6. The lowest BCUT2D eigenvalue weighted by Crippen LogP contribution is -2.25. The van der Waals surface area contributed by atoms with Crippen LogP contribution in [0.2, 0.25) is 0 Å². The lowest BCUT2D eigenvalue weighted by molar-refractivity contribution is -0.137. The number of benzene rings is 2. The summed E-state index contributed by atoms with van der Waals surface area (Å²) >= 11 is 0. The van der Waals surface area contributed by atoms with Crippen LogP contribution in [0.4, 0.5) is 0 Å². The fraction of sp³-hybridized carbons (Fsp3) is 0.267. The molecule has 0 saturated heterocycles. The SMILES string of the molecule is COc1ccc(S(=O)(=O)NCCCC(=O)O)c2ccccc12. The summed E-state index contributed by atoms with van der Waals surface area (Å²) in [6, 6.07) is 10.2. The Morgan fingerprint density at radius 2 is 1.86 bits per heavy atom. The number of carboxylic acid groups (broad SMARTS) is 1. The molecule has 2 N–H and O–H groups in total. The molecule has 7 heteroatoms. The maximum Gasteiger partial charge on any atom is 0.303 e. The van der Waals surface area contributed by atoms with E-state index in [0.29, 0.717) is 16.5 Å². The van der Waals surface area contributed by atoms with Gasteiger partial charge in [0.25, 0.3) is 0 Å². The zero-order chi connectivity index (χ0) is 16.2. The van der Waals surface area contributed by atoms with Gasteiger partial charge in [-0.15, -0.1) is 0 Å². The highest BCUT2D eigenvalue weighted by molar-refractivity contribution is 7.89. The second kappa shape index (κ2) is 6.76. The molecule has 0 aromatic heterocycles. The third-order valence-corrected chi connectivity index (χ3v) is 4.73. The van der Waals surface area contributed by atoms with E-state index in [4.69, 9.17) is 9.84 Å².